The number of carbonyl (C=O) groups is 1. The zero-order valence-corrected chi connectivity index (χ0v) is 21.3. The lowest BCUT2D eigenvalue weighted by Crippen LogP contribution is -2.52. The van der Waals surface area contributed by atoms with Crippen molar-refractivity contribution in [3.63, 3.8) is 0 Å². The van der Waals surface area contributed by atoms with Gasteiger partial charge >= 0.3 is 0 Å². The fourth-order valence-corrected chi connectivity index (χ4v) is 5.82. The lowest BCUT2D eigenvalue weighted by molar-refractivity contribution is -0.120. The summed E-state index contributed by atoms with van der Waals surface area (Å²) >= 11 is 0. The Morgan fingerprint density at radius 1 is 0.919 bits per heavy atom. The van der Waals surface area contributed by atoms with Crippen molar-refractivity contribution in [2.24, 2.45) is 11.3 Å². The molecule has 3 aliphatic heterocycles. The SMILES string of the molecule is Cc1cc(NC(=O)C2CN(c3ccc(N)cc3N3CCC4(CC3)CC4)C2)nc(N2CCC(F)(F)CC2)n1. The van der Waals surface area contributed by atoms with Gasteiger partial charge in [0.15, 0.2) is 0 Å². The molecule has 1 aliphatic carbocycles. The Hall–Kier alpha value is -3.17. The van der Waals surface area contributed by atoms with E-state index < -0.39 is 5.92 Å². The number of rotatable bonds is 5. The molecule has 198 valence electrons. The highest BCUT2D eigenvalue weighted by molar-refractivity contribution is 5.94. The van der Waals surface area contributed by atoms with Crippen LogP contribution in [0.25, 0.3) is 0 Å². The van der Waals surface area contributed by atoms with Crippen LogP contribution in [0.3, 0.4) is 0 Å². The summed E-state index contributed by atoms with van der Waals surface area (Å²) in [7, 11) is 0. The lowest BCUT2D eigenvalue weighted by atomic mass is 9.92. The van der Waals surface area contributed by atoms with Gasteiger partial charge in [-0.15, -0.1) is 0 Å². The Labute approximate surface area is 216 Å². The highest BCUT2D eigenvalue weighted by atomic mass is 19.3. The van der Waals surface area contributed by atoms with Crippen molar-refractivity contribution in [2.75, 3.05) is 65.0 Å². The van der Waals surface area contributed by atoms with Gasteiger partial charge in [-0.05, 0) is 56.2 Å². The zero-order chi connectivity index (χ0) is 25.8. The van der Waals surface area contributed by atoms with Crippen LogP contribution in [0.2, 0.25) is 0 Å². The third-order valence-electron chi connectivity index (χ3n) is 8.59. The molecule has 4 fully saturated rings. The van der Waals surface area contributed by atoms with E-state index in [0.29, 0.717) is 36.0 Å². The minimum Gasteiger partial charge on any atom is -0.399 e. The third-order valence-corrected chi connectivity index (χ3v) is 8.59. The lowest BCUT2D eigenvalue weighted by Gasteiger charge is -2.43. The maximum Gasteiger partial charge on any atom is 0.251 e. The number of hydrogen-bond acceptors (Lipinski definition) is 7. The van der Waals surface area contributed by atoms with E-state index >= 15 is 0 Å². The van der Waals surface area contributed by atoms with Crippen molar-refractivity contribution >= 4 is 34.7 Å². The molecule has 10 heteroatoms. The number of amides is 1. The van der Waals surface area contributed by atoms with E-state index in [1.165, 1.54) is 25.7 Å². The predicted octanol–water partition coefficient (Wildman–Crippen LogP) is 4.06. The number of nitrogen functional groups attached to an aromatic ring is 1. The van der Waals surface area contributed by atoms with Crippen LogP contribution < -0.4 is 25.8 Å². The third kappa shape index (κ3) is 5.02. The summed E-state index contributed by atoms with van der Waals surface area (Å²) in [6, 6.07) is 7.79. The van der Waals surface area contributed by atoms with Gasteiger partial charge in [-0.25, -0.2) is 13.8 Å². The summed E-state index contributed by atoms with van der Waals surface area (Å²) in [4.78, 5) is 28.4. The molecule has 3 N–H and O–H groups in total. The smallest absolute Gasteiger partial charge is 0.251 e. The number of nitrogens with zero attached hydrogens (tertiary/aromatic N) is 5. The quantitative estimate of drug-likeness (QED) is 0.585. The number of aromatic nitrogens is 2. The van der Waals surface area contributed by atoms with Gasteiger partial charge in [-0.1, -0.05) is 0 Å². The van der Waals surface area contributed by atoms with Gasteiger partial charge in [0.05, 0.1) is 17.3 Å². The maximum atomic E-state index is 13.6. The second kappa shape index (κ2) is 8.99. The molecular formula is C27H35F2N7O. The van der Waals surface area contributed by atoms with Crippen LogP contribution in [0.15, 0.2) is 24.3 Å². The van der Waals surface area contributed by atoms with Crippen molar-refractivity contribution in [2.45, 2.75) is 51.4 Å². The number of aryl methyl sites for hydroxylation is 1. The molecule has 1 saturated carbocycles. The molecule has 0 atom stereocenters. The summed E-state index contributed by atoms with van der Waals surface area (Å²) in [6.07, 6.45) is 4.80. The zero-order valence-electron chi connectivity index (χ0n) is 21.3. The van der Waals surface area contributed by atoms with E-state index in [9.17, 15) is 13.6 Å². The van der Waals surface area contributed by atoms with E-state index in [0.717, 1.165) is 30.2 Å². The average Bonchev–Trinajstić information content (AvgIpc) is 3.58. The van der Waals surface area contributed by atoms with Crippen molar-refractivity contribution in [3.8, 4) is 0 Å². The summed E-state index contributed by atoms with van der Waals surface area (Å²) in [5, 5.41) is 2.93. The van der Waals surface area contributed by atoms with E-state index in [1.54, 1.807) is 11.0 Å². The highest BCUT2D eigenvalue weighted by Crippen LogP contribution is 2.54. The Kier molecular flexibility index (Phi) is 5.88. The second-order valence-corrected chi connectivity index (χ2v) is 11.4. The van der Waals surface area contributed by atoms with E-state index in [1.807, 2.05) is 13.0 Å². The van der Waals surface area contributed by atoms with E-state index in [2.05, 4.69) is 37.2 Å². The minimum absolute atomic E-state index is 0.0869. The molecule has 4 aliphatic rings. The van der Waals surface area contributed by atoms with Gasteiger partial charge in [-0.3, -0.25) is 4.79 Å². The molecule has 6 rings (SSSR count). The number of hydrogen-bond donors (Lipinski definition) is 2. The van der Waals surface area contributed by atoms with Crippen LogP contribution in [0, 0.1) is 18.3 Å². The maximum absolute atomic E-state index is 13.6. The molecule has 3 saturated heterocycles. The van der Waals surface area contributed by atoms with Gasteiger partial charge in [0.25, 0.3) is 5.92 Å². The van der Waals surface area contributed by atoms with Gasteiger partial charge in [0, 0.05) is 69.6 Å². The Balaban J connectivity index is 1.09. The van der Waals surface area contributed by atoms with Crippen LogP contribution in [0.5, 0.6) is 0 Å². The molecule has 0 radical (unpaired) electrons. The number of halogens is 2. The summed E-state index contributed by atoms with van der Waals surface area (Å²) < 4.78 is 27.1. The van der Waals surface area contributed by atoms with E-state index in [4.69, 9.17) is 5.73 Å². The van der Waals surface area contributed by atoms with Crippen molar-refractivity contribution < 1.29 is 13.6 Å². The first-order valence-corrected chi connectivity index (χ1v) is 13.4. The van der Waals surface area contributed by atoms with Gasteiger partial charge < -0.3 is 25.8 Å². The average molecular weight is 512 g/mol. The number of nitrogens with two attached hydrogens (primary N) is 1. The first kappa shape index (κ1) is 24.2. The number of benzene rings is 1. The van der Waals surface area contributed by atoms with Crippen LogP contribution in [-0.2, 0) is 4.79 Å². The largest absolute Gasteiger partial charge is 0.399 e. The highest BCUT2D eigenvalue weighted by Gasteiger charge is 2.45. The minimum atomic E-state index is -2.63. The summed E-state index contributed by atoms with van der Waals surface area (Å²) in [5.41, 5.74) is 10.5. The van der Waals surface area contributed by atoms with E-state index in [-0.39, 0.29) is 37.8 Å². The molecule has 0 bridgehead atoms. The summed E-state index contributed by atoms with van der Waals surface area (Å²) in [5.74, 6) is -2.07. The molecule has 1 aromatic heterocycles. The Morgan fingerprint density at radius 2 is 1.59 bits per heavy atom. The van der Waals surface area contributed by atoms with Crippen LogP contribution >= 0.6 is 0 Å². The number of nitrogens with one attached hydrogen (secondary N) is 1. The molecule has 37 heavy (non-hydrogen) atoms. The fraction of sp³-hybridized carbons (Fsp3) is 0.593. The number of piperidine rings is 2. The van der Waals surface area contributed by atoms with Gasteiger partial charge in [-0.2, -0.15) is 4.98 Å². The normalized spacial score (nSPS) is 22.6. The molecule has 1 aromatic carbocycles. The molecule has 1 amide bonds. The first-order valence-electron chi connectivity index (χ1n) is 13.4. The van der Waals surface area contributed by atoms with Crippen molar-refractivity contribution in [1.29, 1.82) is 0 Å². The first-order chi connectivity index (χ1) is 17.7. The molecule has 4 heterocycles. The fourth-order valence-electron chi connectivity index (χ4n) is 5.82. The van der Waals surface area contributed by atoms with Gasteiger partial charge in [0.2, 0.25) is 11.9 Å². The van der Waals surface area contributed by atoms with Crippen LogP contribution in [0.4, 0.5) is 37.6 Å². The van der Waals surface area contributed by atoms with Crippen molar-refractivity contribution in [3.05, 3.63) is 30.0 Å². The van der Waals surface area contributed by atoms with Gasteiger partial charge in [0.1, 0.15) is 5.82 Å². The Morgan fingerprint density at radius 3 is 2.27 bits per heavy atom. The molecular weight excluding hydrogens is 476 g/mol. The number of anilines is 5. The molecule has 8 nitrogen and oxygen atoms in total. The predicted molar refractivity (Wildman–Crippen MR) is 141 cm³/mol. The van der Waals surface area contributed by atoms with Crippen LogP contribution in [-0.4, -0.2) is 61.1 Å². The topological polar surface area (TPSA) is 90.6 Å². The monoisotopic (exact) mass is 511 g/mol. The summed E-state index contributed by atoms with van der Waals surface area (Å²) in [6.45, 7) is 5.57. The second-order valence-electron chi connectivity index (χ2n) is 11.4. The molecule has 1 spiro atoms. The van der Waals surface area contributed by atoms with Crippen LogP contribution in [0.1, 0.15) is 44.2 Å². The number of carbonyl (C=O) groups excluding carboxylic acids is 1. The molecule has 0 unspecified atom stereocenters. The Bertz CT molecular complexity index is 1180. The van der Waals surface area contributed by atoms with Crippen molar-refractivity contribution in [1.82, 2.24) is 9.97 Å². The number of alkyl halides is 2. The standard InChI is InChI=1S/C27H35F2N7O/c1-18-14-23(33-25(31-18)35-12-8-27(28,29)9-13-35)32-24(37)19-16-36(17-19)21-3-2-20(30)15-22(21)34-10-6-26(4-5-26)7-11-34/h2-3,14-15,19H,4-13,16-17,30H2,1H3,(H,31,32,33,37). The molecule has 2 aromatic rings.